The molecule has 4 unspecified atom stereocenters. The van der Waals surface area contributed by atoms with Crippen LogP contribution >= 0.6 is 0 Å². The van der Waals surface area contributed by atoms with Crippen molar-refractivity contribution < 1.29 is 4.74 Å². The third-order valence-corrected chi connectivity index (χ3v) is 6.83. The average molecular weight is 331 g/mol. The normalized spacial score (nSPS) is 30.7. The first-order valence-electron chi connectivity index (χ1n) is 9.60. The fourth-order valence-corrected chi connectivity index (χ4v) is 5.02. The lowest BCUT2D eigenvalue weighted by Gasteiger charge is -2.62. The fourth-order valence-electron chi connectivity index (χ4n) is 5.02. The fraction of sp³-hybridized carbons (Fsp3) is 0.714. The molecule has 0 spiro atoms. The second-order valence-corrected chi connectivity index (χ2v) is 8.33. The third kappa shape index (κ3) is 3.48. The summed E-state index contributed by atoms with van der Waals surface area (Å²) in [5, 5.41) is 7.36. The van der Waals surface area contributed by atoms with Gasteiger partial charge in [-0.05, 0) is 60.6 Å². The molecule has 0 radical (unpaired) electrons. The van der Waals surface area contributed by atoms with Crippen molar-refractivity contribution in [2.24, 2.45) is 23.2 Å². The molecule has 2 bridgehead atoms. The Labute approximate surface area is 147 Å². The van der Waals surface area contributed by atoms with Gasteiger partial charge in [-0.1, -0.05) is 39.0 Å². The minimum atomic E-state index is 0.588. The first-order valence-corrected chi connectivity index (χ1v) is 9.60. The molecule has 1 aromatic rings. The van der Waals surface area contributed by atoms with Crippen molar-refractivity contribution in [2.45, 2.75) is 46.1 Å². The first-order chi connectivity index (χ1) is 11.5. The van der Waals surface area contributed by atoms with Crippen LogP contribution in [0.2, 0.25) is 0 Å². The number of rotatable bonds is 8. The van der Waals surface area contributed by atoms with Crippen LogP contribution in [-0.4, -0.2) is 32.8 Å². The number of hydrogen-bond acceptors (Lipinski definition) is 3. The van der Waals surface area contributed by atoms with E-state index in [1.807, 2.05) is 12.1 Å². The number of fused-ring (bicyclic) bond motifs is 2. The van der Waals surface area contributed by atoms with Gasteiger partial charge in [0, 0.05) is 19.1 Å². The van der Waals surface area contributed by atoms with E-state index in [4.69, 9.17) is 4.74 Å². The van der Waals surface area contributed by atoms with Crippen LogP contribution in [0.25, 0.3) is 0 Å². The Hall–Kier alpha value is -1.06. The lowest BCUT2D eigenvalue weighted by atomic mass is 9.45. The predicted octanol–water partition coefficient (Wildman–Crippen LogP) is 3.49. The molecular formula is C21H34N2O. The van der Waals surface area contributed by atoms with Crippen molar-refractivity contribution in [3.63, 3.8) is 0 Å². The zero-order valence-corrected chi connectivity index (χ0v) is 15.8. The van der Waals surface area contributed by atoms with Gasteiger partial charge in [0.05, 0.1) is 7.11 Å². The molecule has 3 aliphatic carbocycles. The number of para-hydroxylation sites is 1. The molecule has 1 aromatic carbocycles. The molecule has 0 aliphatic heterocycles. The highest BCUT2D eigenvalue weighted by atomic mass is 16.5. The van der Waals surface area contributed by atoms with Crippen LogP contribution < -0.4 is 15.4 Å². The highest BCUT2D eigenvalue weighted by Crippen LogP contribution is 2.61. The number of nitrogens with one attached hydrogen (secondary N) is 2. The molecule has 3 nitrogen and oxygen atoms in total. The zero-order chi connectivity index (χ0) is 17.2. The summed E-state index contributed by atoms with van der Waals surface area (Å²) in [7, 11) is 1.74. The van der Waals surface area contributed by atoms with Gasteiger partial charge >= 0.3 is 0 Å². The van der Waals surface area contributed by atoms with Gasteiger partial charge in [0.15, 0.2) is 0 Å². The molecule has 3 heteroatoms. The van der Waals surface area contributed by atoms with Crippen LogP contribution in [-0.2, 0) is 6.42 Å². The molecule has 2 N–H and O–H groups in total. The van der Waals surface area contributed by atoms with Gasteiger partial charge in [0.1, 0.15) is 5.75 Å². The van der Waals surface area contributed by atoms with E-state index in [1.54, 1.807) is 7.11 Å². The Balaban J connectivity index is 1.32. The van der Waals surface area contributed by atoms with E-state index in [0.29, 0.717) is 5.41 Å². The number of methoxy groups -OCH3 is 1. The SMILES string of the molecule is COc1ccccc1CCNCCNC1CC2CC(C1C)C2(C)C. The first kappa shape index (κ1) is 17.8. The highest BCUT2D eigenvalue weighted by Gasteiger charge is 2.55. The number of hydrogen-bond donors (Lipinski definition) is 2. The lowest BCUT2D eigenvalue weighted by Crippen LogP contribution is -2.60. The van der Waals surface area contributed by atoms with Gasteiger partial charge in [0.25, 0.3) is 0 Å². The minimum Gasteiger partial charge on any atom is -0.496 e. The second-order valence-electron chi connectivity index (χ2n) is 8.33. The Morgan fingerprint density at radius 1 is 1.12 bits per heavy atom. The summed E-state index contributed by atoms with van der Waals surface area (Å²) >= 11 is 0. The predicted molar refractivity (Wildman–Crippen MR) is 101 cm³/mol. The van der Waals surface area contributed by atoms with Gasteiger partial charge in [-0.3, -0.25) is 0 Å². The topological polar surface area (TPSA) is 33.3 Å². The van der Waals surface area contributed by atoms with E-state index in [1.165, 1.54) is 18.4 Å². The molecular weight excluding hydrogens is 296 g/mol. The largest absolute Gasteiger partial charge is 0.496 e. The summed E-state index contributed by atoms with van der Waals surface area (Å²) in [4.78, 5) is 0. The molecule has 4 atom stereocenters. The summed E-state index contributed by atoms with van der Waals surface area (Å²) in [6.45, 7) is 10.5. The molecule has 4 rings (SSSR count). The van der Waals surface area contributed by atoms with E-state index in [2.05, 4.69) is 43.5 Å². The van der Waals surface area contributed by atoms with E-state index in [-0.39, 0.29) is 0 Å². The smallest absolute Gasteiger partial charge is 0.122 e. The highest BCUT2D eigenvalue weighted by molar-refractivity contribution is 5.33. The molecule has 3 fully saturated rings. The van der Waals surface area contributed by atoms with Gasteiger partial charge in [0.2, 0.25) is 0 Å². The van der Waals surface area contributed by atoms with Crippen LogP contribution in [0, 0.1) is 23.2 Å². The van der Waals surface area contributed by atoms with Crippen molar-refractivity contribution in [1.29, 1.82) is 0 Å². The van der Waals surface area contributed by atoms with Gasteiger partial charge in [-0.2, -0.15) is 0 Å². The maximum atomic E-state index is 5.41. The summed E-state index contributed by atoms with van der Waals surface area (Å²) in [5.41, 5.74) is 1.87. The monoisotopic (exact) mass is 330 g/mol. The zero-order valence-electron chi connectivity index (χ0n) is 15.8. The van der Waals surface area contributed by atoms with E-state index < -0.39 is 0 Å². The number of benzene rings is 1. The molecule has 134 valence electrons. The quantitative estimate of drug-likeness (QED) is 0.716. The summed E-state index contributed by atoms with van der Waals surface area (Å²) in [6.07, 6.45) is 3.84. The number of ether oxygens (including phenoxy) is 1. The minimum absolute atomic E-state index is 0.588. The molecule has 0 aromatic heterocycles. The van der Waals surface area contributed by atoms with Gasteiger partial charge < -0.3 is 15.4 Å². The Morgan fingerprint density at radius 2 is 1.92 bits per heavy atom. The van der Waals surface area contributed by atoms with E-state index in [9.17, 15) is 0 Å². The third-order valence-electron chi connectivity index (χ3n) is 6.83. The lowest BCUT2D eigenvalue weighted by molar-refractivity contribution is -0.114. The van der Waals surface area contributed by atoms with Crippen molar-refractivity contribution in [3.05, 3.63) is 29.8 Å². The van der Waals surface area contributed by atoms with Crippen molar-refractivity contribution in [1.82, 2.24) is 10.6 Å². The maximum absolute atomic E-state index is 5.41. The van der Waals surface area contributed by atoms with Crippen molar-refractivity contribution in [2.75, 3.05) is 26.7 Å². The molecule has 24 heavy (non-hydrogen) atoms. The van der Waals surface area contributed by atoms with Crippen molar-refractivity contribution in [3.8, 4) is 5.75 Å². The van der Waals surface area contributed by atoms with Gasteiger partial charge in [-0.25, -0.2) is 0 Å². The van der Waals surface area contributed by atoms with Crippen LogP contribution in [0.4, 0.5) is 0 Å². The maximum Gasteiger partial charge on any atom is 0.122 e. The van der Waals surface area contributed by atoms with Crippen LogP contribution in [0.3, 0.4) is 0 Å². The summed E-state index contributed by atoms with van der Waals surface area (Å²) in [5.74, 6) is 3.68. The molecule has 0 amide bonds. The van der Waals surface area contributed by atoms with E-state index >= 15 is 0 Å². The van der Waals surface area contributed by atoms with Crippen LogP contribution in [0.15, 0.2) is 24.3 Å². The molecule has 0 saturated heterocycles. The molecule has 3 saturated carbocycles. The standard InChI is InChI=1S/C21H34N2O/c1-15-18-13-17(21(18,2)3)14-19(15)23-12-11-22-10-9-16-7-5-6-8-20(16)24-4/h5-8,15,17-19,22-23H,9-14H2,1-4H3. The average Bonchev–Trinajstić information content (AvgIpc) is 2.58. The Kier molecular flexibility index (Phi) is 5.51. The van der Waals surface area contributed by atoms with Crippen LogP contribution in [0.5, 0.6) is 5.75 Å². The van der Waals surface area contributed by atoms with Crippen LogP contribution in [0.1, 0.15) is 39.2 Å². The Bertz CT molecular complexity index is 542. The summed E-state index contributed by atoms with van der Waals surface area (Å²) < 4.78 is 5.41. The summed E-state index contributed by atoms with van der Waals surface area (Å²) in [6, 6.07) is 9.01. The van der Waals surface area contributed by atoms with E-state index in [0.717, 1.165) is 55.6 Å². The van der Waals surface area contributed by atoms with Crippen molar-refractivity contribution >= 4 is 0 Å². The van der Waals surface area contributed by atoms with Gasteiger partial charge in [-0.15, -0.1) is 0 Å². The molecule has 3 aliphatic rings. The molecule has 0 heterocycles. The Morgan fingerprint density at radius 3 is 2.62 bits per heavy atom. The second kappa shape index (κ2) is 7.45.